The van der Waals surface area contributed by atoms with E-state index in [0.29, 0.717) is 23.6 Å². The molecule has 1 amide bonds. The number of rotatable bonds is 5. The Kier molecular flexibility index (Phi) is 4.97. The van der Waals surface area contributed by atoms with Crippen molar-refractivity contribution in [2.24, 2.45) is 0 Å². The van der Waals surface area contributed by atoms with Gasteiger partial charge in [0.25, 0.3) is 5.91 Å². The smallest absolute Gasteiger partial charge is 0.346 e. The lowest BCUT2D eigenvalue weighted by molar-refractivity contribution is 0.0701. The summed E-state index contributed by atoms with van der Waals surface area (Å²) in [5.41, 5.74) is 4.37. The van der Waals surface area contributed by atoms with Crippen LogP contribution >= 0.6 is 11.3 Å². The molecule has 0 spiro atoms. The third-order valence-electron chi connectivity index (χ3n) is 4.08. The van der Waals surface area contributed by atoms with Crippen molar-refractivity contribution in [2.45, 2.75) is 26.4 Å². The van der Waals surface area contributed by atoms with Crippen molar-refractivity contribution in [2.75, 3.05) is 13.2 Å². The van der Waals surface area contributed by atoms with Gasteiger partial charge < -0.3 is 15.2 Å². The van der Waals surface area contributed by atoms with Crippen molar-refractivity contribution >= 4 is 23.2 Å². The molecule has 0 unspecified atom stereocenters. The van der Waals surface area contributed by atoms with Crippen LogP contribution < -0.4 is 5.32 Å². The fraction of sp³-hybridized carbons (Fsp3) is 0.333. The Labute approximate surface area is 144 Å². The molecule has 2 heterocycles. The van der Waals surface area contributed by atoms with Gasteiger partial charge in [0.05, 0.1) is 18.1 Å². The predicted octanol–water partition coefficient (Wildman–Crippen LogP) is 2.80. The molecular weight excluding hydrogens is 326 g/mol. The van der Waals surface area contributed by atoms with Gasteiger partial charge >= 0.3 is 5.97 Å². The van der Waals surface area contributed by atoms with Crippen LogP contribution in [-0.2, 0) is 24.2 Å². The third kappa shape index (κ3) is 3.66. The second kappa shape index (κ2) is 7.15. The standard InChI is InChI=1S/C18H19NO4S/c1-11-8-15(24-16(11)18(21)22)17(20)19-6-4-12-2-3-14-10-23-7-5-13(14)9-12/h2-3,8-9H,4-7,10H2,1H3,(H,19,20)(H,21,22). The minimum absolute atomic E-state index is 0.219. The van der Waals surface area contributed by atoms with Crippen LogP contribution in [0.15, 0.2) is 24.3 Å². The number of nitrogens with one attached hydrogen (secondary N) is 1. The highest BCUT2D eigenvalue weighted by atomic mass is 32.1. The number of fused-ring (bicyclic) bond motifs is 1. The van der Waals surface area contributed by atoms with Gasteiger partial charge in [0.2, 0.25) is 0 Å². The Morgan fingerprint density at radius 2 is 2.12 bits per heavy atom. The average Bonchev–Trinajstić information content (AvgIpc) is 2.97. The Morgan fingerprint density at radius 3 is 2.88 bits per heavy atom. The van der Waals surface area contributed by atoms with Crippen LogP contribution in [0.3, 0.4) is 0 Å². The number of ether oxygens (including phenoxy) is 1. The van der Waals surface area contributed by atoms with Crippen molar-refractivity contribution in [1.82, 2.24) is 5.32 Å². The summed E-state index contributed by atoms with van der Waals surface area (Å²) in [5.74, 6) is -1.21. The Bertz CT molecular complexity index is 781. The molecule has 0 atom stereocenters. The minimum atomic E-state index is -0.991. The molecule has 1 aliphatic heterocycles. The van der Waals surface area contributed by atoms with Crippen LogP contribution in [0, 0.1) is 6.92 Å². The summed E-state index contributed by atoms with van der Waals surface area (Å²) in [6.45, 7) is 3.66. The highest BCUT2D eigenvalue weighted by Gasteiger charge is 2.16. The Balaban J connectivity index is 1.57. The van der Waals surface area contributed by atoms with Gasteiger partial charge in [-0.15, -0.1) is 11.3 Å². The van der Waals surface area contributed by atoms with Gasteiger partial charge in [0, 0.05) is 6.54 Å². The summed E-state index contributed by atoms with van der Waals surface area (Å²) in [7, 11) is 0. The first-order valence-electron chi connectivity index (χ1n) is 7.85. The first-order valence-corrected chi connectivity index (χ1v) is 8.66. The lowest BCUT2D eigenvalue weighted by atomic mass is 9.99. The number of carboxylic acid groups (broad SMARTS) is 1. The summed E-state index contributed by atoms with van der Waals surface area (Å²) >= 11 is 1.02. The fourth-order valence-corrected chi connectivity index (χ4v) is 3.71. The van der Waals surface area contributed by atoms with Gasteiger partial charge in [-0.2, -0.15) is 0 Å². The van der Waals surface area contributed by atoms with E-state index in [4.69, 9.17) is 9.84 Å². The van der Waals surface area contributed by atoms with Crippen LogP contribution in [-0.4, -0.2) is 30.1 Å². The van der Waals surface area contributed by atoms with Crippen molar-refractivity contribution in [1.29, 1.82) is 0 Å². The molecule has 1 aliphatic rings. The van der Waals surface area contributed by atoms with Crippen molar-refractivity contribution in [3.63, 3.8) is 0 Å². The molecule has 0 saturated carbocycles. The van der Waals surface area contributed by atoms with Crippen LogP contribution in [0.1, 0.15) is 41.6 Å². The molecule has 1 aromatic carbocycles. The van der Waals surface area contributed by atoms with Crippen molar-refractivity contribution in [3.05, 3.63) is 56.3 Å². The molecule has 1 aromatic heterocycles. The van der Waals surface area contributed by atoms with E-state index < -0.39 is 5.97 Å². The molecule has 2 aromatic rings. The van der Waals surface area contributed by atoms with Gasteiger partial charge in [-0.3, -0.25) is 4.79 Å². The van der Waals surface area contributed by atoms with Crippen LogP contribution in [0.2, 0.25) is 0 Å². The van der Waals surface area contributed by atoms with Gasteiger partial charge in [-0.25, -0.2) is 4.79 Å². The number of thiophene rings is 1. The summed E-state index contributed by atoms with van der Waals surface area (Å²) in [5, 5.41) is 11.9. The van der Waals surface area contributed by atoms with Crippen LogP contribution in [0.25, 0.3) is 0 Å². The molecule has 6 heteroatoms. The molecule has 0 radical (unpaired) electrons. The maximum absolute atomic E-state index is 12.1. The lowest BCUT2D eigenvalue weighted by Gasteiger charge is -2.17. The van der Waals surface area contributed by atoms with Gasteiger partial charge in [0.15, 0.2) is 0 Å². The third-order valence-corrected chi connectivity index (χ3v) is 5.30. The molecule has 0 saturated heterocycles. The zero-order valence-electron chi connectivity index (χ0n) is 13.4. The summed E-state index contributed by atoms with van der Waals surface area (Å²) in [6, 6.07) is 7.97. The Morgan fingerprint density at radius 1 is 1.29 bits per heavy atom. The molecule has 0 fully saturated rings. The molecule has 3 rings (SSSR count). The number of carbonyl (C=O) groups excluding carboxylic acids is 1. The van der Waals surface area contributed by atoms with E-state index >= 15 is 0 Å². The van der Waals surface area contributed by atoms with Crippen molar-refractivity contribution < 1.29 is 19.4 Å². The molecule has 24 heavy (non-hydrogen) atoms. The first-order chi connectivity index (χ1) is 11.5. The quantitative estimate of drug-likeness (QED) is 0.874. The van der Waals surface area contributed by atoms with E-state index in [2.05, 4.69) is 23.5 Å². The highest BCUT2D eigenvalue weighted by molar-refractivity contribution is 7.16. The summed E-state index contributed by atoms with van der Waals surface area (Å²) in [4.78, 5) is 23.8. The van der Waals surface area contributed by atoms with E-state index in [1.54, 1.807) is 13.0 Å². The molecular formula is C18H19NO4S. The molecule has 5 nitrogen and oxygen atoms in total. The largest absolute Gasteiger partial charge is 0.477 e. The molecule has 0 aliphatic carbocycles. The number of aromatic carboxylic acids is 1. The molecule has 126 valence electrons. The molecule has 2 N–H and O–H groups in total. The lowest BCUT2D eigenvalue weighted by Crippen LogP contribution is -2.25. The number of hydrogen-bond acceptors (Lipinski definition) is 4. The van der Waals surface area contributed by atoms with E-state index in [9.17, 15) is 9.59 Å². The van der Waals surface area contributed by atoms with Crippen molar-refractivity contribution in [3.8, 4) is 0 Å². The monoisotopic (exact) mass is 345 g/mol. The summed E-state index contributed by atoms with van der Waals surface area (Å²) < 4.78 is 5.43. The maximum Gasteiger partial charge on any atom is 0.346 e. The maximum atomic E-state index is 12.1. The second-order valence-electron chi connectivity index (χ2n) is 5.84. The van der Waals surface area contributed by atoms with E-state index in [1.165, 1.54) is 16.7 Å². The number of aryl methyl sites for hydroxylation is 1. The first kappa shape index (κ1) is 16.7. The van der Waals surface area contributed by atoms with Crippen LogP contribution in [0.4, 0.5) is 0 Å². The number of carbonyl (C=O) groups is 2. The minimum Gasteiger partial charge on any atom is -0.477 e. The zero-order chi connectivity index (χ0) is 17.1. The van der Waals surface area contributed by atoms with E-state index in [0.717, 1.165) is 30.8 Å². The fourth-order valence-electron chi connectivity index (χ4n) is 2.79. The van der Waals surface area contributed by atoms with Gasteiger partial charge in [-0.1, -0.05) is 18.2 Å². The number of benzene rings is 1. The zero-order valence-corrected chi connectivity index (χ0v) is 14.2. The number of amides is 1. The number of hydrogen-bond donors (Lipinski definition) is 2. The van der Waals surface area contributed by atoms with Crippen LogP contribution in [0.5, 0.6) is 0 Å². The highest BCUT2D eigenvalue weighted by Crippen LogP contribution is 2.22. The number of carboxylic acids is 1. The normalized spacial score (nSPS) is 13.4. The van der Waals surface area contributed by atoms with Gasteiger partial charge in [-0.05, 0) is 48.1 Å². The van der Waals surface area contributed by atoms with E-state index in [-0.39, 0.29) is 10.8 Å². The summed E-state index contributed by atoms with van der Waals surface area (Å²) in [6.07, 6.45) is 1.68. The topological polar surface area (TPSA) is 75.6 Å². The average molecular weight is 345 g/mol. The molecule has 0 bridgehead atoms. The Hall–Kier alpha value is -2.18. The predicted molar refractivity (Wildman–Crippen MR) is 91.9 cm³/mol. The van der Waals surface area contributed by atoms with E-state index in [1.807, 2.05) is 0 Å². The second-order valence-corrected chi connectivity index (χ2v) is 6.89. The SMILES string of the molecule is Cc1cc(C(=O)NCCc2ccc3c(c2)CCOC3)sc1C(=O)O. The van der Waals surface area contributed by atoms with Gasteiger partial charge in [0.1, 0.15) is 4.88 Å².